The zero-order valence-electron chi connectivity index (χ0n) is 11.2. The van der Waals surface area contributed by atoms with Crippen LogP contribution in [0.4, 0.5) is 0 Å². The molecule has 20 heavy (non-hydrogen) atoms. The lowest BCUT2D eigenvalue weighted by Gasteiger charge is -2.13. The van der Waals surface area contributed by atoms with Gasteiger partial charge in [-0.1, -0.05) is 0 Å². The van der Waals surface area contributed by atoms with Crippen LogP contribution in [0, 0.1) is 0 Å². The number of hydrogen-bond acceptors (Lipinski definition) is 6. The Balaban J connectivity index is 1.83. The first-order chi connectivity index (χ1) is 9.72. The summed E-state index contributed by atoms with van der Waals surface area (Å²) in [5.41, 5.74) is 9.63. The predicted molar refractivity (Wildman–Crippen MR) is 76.4 cm³/mol. The van der Waals surface area contributed by atoms with E-state index in [1.165, 1.54) is 0 Å². The van der Waals surface area contributed by atoms with Crippen molar-refractivity contribution < 1.29 is 14.2 Å². The summed E-state index contributed by atoms with van der Waals surface area (Å²) in [5, 5.41) is 1.97. The minimum atomic E-state index is 0.0528. The fourth-order valence-electron chi connectivity index (χ4n) is 2.07. The maximum Gasteiger partial charge on any atom is 0.231 e. The largest absolute Gasteiger partial charge is 0.487 e. The molecule has 1 unspecified atom stereocenters. The third-order valence-corrected chi connectivity index (χ3v) is 3.59. The Morgan fingerprint density at radius 3 is 2.90 bits per heavy atom. The van der Waals surface area contributed by atoms with Gasteiger partial charge in [0.05, 0.1) is 11.2 Å². The molecule has 1 aromatic heterocycles. The van der Waals surface area contributed by atoms with Gasteiger partial charge in [-0.25, -0.2) is 4.98 Å². The smallest absolute Gasteiger partial charge is 0.231 e. The van der Waals surface area contributed by atoms with Crippen molar-refractivity contribution in [1.29, 1.82) is 0 Å². The molecule has 0 saturated heterocycles. The van der Waals surface area contributed by atoms with Crippen LogP contribution in [0.3, 0.4) is 0 Å². The molecule has 1 aliphatic heterocycles. The van der Waals surface area contributed by atoms with Gasteiger partial charge in [0, 0.05) is 17.5 Å². The number of rotatable bonds is 5. The predicted octanol–water partition coefficient (Wildman–Crippen LogP) is 2.34. The highest BCUT2D eigenvalue weighted by molar-refractivity contribution is 7.07. The van der Waals surface area contributed by atoms with Crippen LogP contribution in [-0.2, 0) is 13.0 Å². The van der Waals surface area contributed by atoms with Crippen molar-refractivity contribution >= 4 is 11.3 Å². The highest BCUT2D eigenvalue weighted by Crippen LogP contribution is 2.38. The minimum Gasteiger partial charge on any atom is -0.487 e. The molecule has 1 aliphatic rings. The van der Waals surface area contributed by atoms with Crippen molar-refractivity contribution in [2.45, 2.75) is 26.0 Å². The van der Waals surface area contributed by atoms with Crippen LogP contribution in [0.25, 0.3) is 0 Å². The SMILES string of the molecule is CC(N)Cc1cc2c(cc1OCc1cscn1)OCO2. The van der Waals surface area contributed by atoms with Crippen LogP contribution in [0.5, 0.6) is 17.2 Å². The number of fused-ring (bicyclic) bond motifs is 1. The molecule has 2 N–H and O–H groups in total. The Bertz CT molecular complexity index is 584. The van der Waals surface area contributed by atoms with Gasteiger partial charge in [0.15, 0.2) is 11.5 Å². The Labute approximate surface area is 121 Å². The first-order valence-electron chi connectivity index (χ1n) is 6.40. The normalized spacial score (nSPS) is 14.3. The van der Waals surface area contributed by atoms with E-state index in [1.54, 1.807) is 16.8 Å². The molecule has 0 saturated carbocycles. The minimum absolute atomic E-state index is 0.0528. The second kappa shape index (κ2) is 5.68. The molecular formula is C14H16N2O3S. The van der Waals surface area contributed by atoms with E-state index in [1.807, 2.05) is 24.4 Å². The molecule has 0 bridgehead atoms. The van der Waals surface area contributed by atoms with E-state index in [4.69, 9.17) is 19.9 Å². The van der Waals surface area contributed by atoms with Crippen LogP contribution in [0.2, 0.25) is 0 Å². The summed E-state index contributed by atoms with van der Waals surface area (Å²) >= 11 is 1.55. The fourth-order valence-corrected chi connectivity index (χ4v) is 2.61. The van der Waals surface area contributed by atoms with Crippen molar-refractivity contribution in [2.24, 2.45) is 5.73 Å². The standard InChI is InChI=1S/C14H16N2O3S/c1-9(15)2-10-3-13-14(19-8-18-13)4-12(10)17-5-11-6-20-7-16-11/h3-4,6-7,9H,2,5,8,15H2,1H3. The van der Waals surface area contributed by atoms with Gasteiger partial charge in [-0.2, -0.15) is 0 Å². The van der Waals surface area contributed by atoms with Gasteiger partial charge in [-0.05, 0) is 25.0 Å². The zero-order valence-corrected chi connectivity index (χ0v) is 12.0. The van der Waals surface area contributed by atoms with E-state index in [2.05, 4.69) is 4.98 Å². The number of nitrogens with two attached hydrogens (primary N) is 1. The van der Waals surface area contributed by atoms with Gasteiger partial charge >= 0.3 is 0 Å². The Morgan fingerprint density at radius 2 is 2.20 bits per heavy atom. The molecule has 6 heteroatoms. The van der Waals surface area contributed by atoms with Crippen molar-refractivity contribution in [3.63, 3.8) is 0 Å². The number of ether oxygens (including phenoxy) is 3. The van der Waals surface area contributed by atoms with E-state index in [0.717, 1.165) is 29.2 Å². The molecule has 0 spiro atoms. The Hall–Kier alpha value is -1.79. The van der Waals surface area contributed by atoms with Gasteiger partial charge in [-0.3, -0.25) is 0 Å². The Morgan fingerprint density at radius 1 is 1.40 bits per heavy atom. The van der Waals surface area contributed by atoms with E-state index >= 15 is 0 Å². The van der Waals surface area contributed by atoms with Gasteiger partial charge in [-0.15, -0.1) is 11.3 Å². The molecule has 2 aromatic rings. The van der Waals surface area contributed by atoms with Crippen molar-refractivity contribution in [3.8, 4) is 17.2 Å². The van der Waals surface area contributed by atoms with Gasteiger partial charge in [0.25, 0.3) is 0 Å². The maximum absolute atomic E-state index is 5.89. The first kappa shape index (κ1) is 13.2. The van der Waals surface area contributed by atoms with Gasteiger partial charge in [0.1, 0.15) is 12.4 Å². The maximum atomic E-state index is 5.89. The van der Waals surface area contributed by atoms with Gasteiger partial charge in [0.2, 0.25) is 6.79 Å². The number of benzene rings is 1. The number of aromatic nitrogens is 1. The quantitative estimate of drug-likeness (QED) is 0.916. The van der Waals surface area contributed by atoms with Crippen LogP contribution >= 0.6 is 11.3 Å². The fraction of sp³-hybridized carbons (Fsp3) is 0.357. The lowest BCUT2D eigenvalue weighted by atomic mass is 10.1. The number of nitrogens with zero attached hydrogens (tertiary/aromatic N) is 1. The number of hydrogen-bond donors (Lipinski definition) is 1. The molecule has 5 nitrogen and oxygen atoms in total. The molecule has 1 aromatic carbocycles. The van der Waals surface area contributed by atoms with E-state index in [9.17, 15) is 0 Å². The topological polar surface area (TPSA) is 66.6 Å². The third-order valence-electron chi connectivity index (χ3n) is 2.96. The summed E-state index contributed by atoms with van der Waals surface area (Å²) in [6, 6.07) is 3.87. The number of thiazole rings is 1. The lowest BCUT2D eigenvalue weighted by Crippen LogP contribution is -2.18. The molecule has 0 aliphatic carbocycles. The molecule has 1 atom stereocenters. The summed E-state index contributed by atoms with van der Waals surface area (Å²) in [6.07, 6.45) is 0.725. The van der Waals surface area contributed by atoms with Crippen LogP contribution in [-0.4, -0.2) is 17.8 Å². The van der Waals surface area contributed by atoms with E-state index in [-0.39, 0.29) is 12.8 Å². The van der Waals surface area contributed by atoms with Crippen LogP contribution in [0.15, 0.2) is 23.0 Å². The monoisotopic (exact) mass is 292 g/mol. The summed E-state index contributed by atoms with van der Waals surface area (Å²) < 4.78 is 16.6. The summed E-state index contributed by atoms with van der Waals surface area (Å²) in [7, 11) is 0. The average molecular weight is 292 g/mol. The molecular weight excluding hydrogens is 276 g/mol. The van der Waals surface area contributed by atoms with Crippen molar-refractivity contribution in [1.82, 2.24) is 4.98 Å². The molecule has 0 radical (unpaired) electrons. The summed E-state index contributed by atoms with van der Waals surface area (Å²) in [5.74, 6) is 2.24. The average Bonchev–Trinajstić information content (AvgIpc) is 3.05. The van der Waals surface area contributed by atoms with Crippen molar-refractivity contribution in [3.05, 3.63) is 34.3 Å². The van der Waals surface area contributed by atoms with E-state index in [0.29, 0.717) is 12.4 Å². The van der Waals surface area contributed by atoms with E-state index < -0.39 is 0 Å². The second-order valence-corrected chi connectivity index (χ2v) is 5.48. The van der Waals surface area contributed by atoms with Crippen LogP contribution < -0.4 is 19.9 Å². The highest BCUT2D eigenvalue weighted by atomic mass is 32.1. The summed E-state index contributed by atoms with van der Waals surface area (Å²) in [6.45, 7) is 2.66. The van der Waals surface area contributed by atoms with Crippen LogP contribution in [0.1, 0.15) is 18.2 Å². The first-order valence-corrected chi connectivity index (χ1v) is 7.34. The lowest BCUT2D eigenvalue weighted by molar-refractivity contribution is 0.173. The zero-order chi connectivity index (χ0) is 13.9. The third kappa shape index (κ3) is 2.86. The Kier molecular flexibility index (Phi) is 3.75. The summed E-state index contributed by atoms with van der Waals surface area (Å²) in [4.78, 5) is 4.21. The van der Waals surface area contributed by atoms with Gasteiger partial charge < -0.3 is 19.9 Å². The molecule has 2 heterocycles. The molecule has 0 amide bonds. The molecule has 106 valence electrons. The molecule has 0 fully saturated rings. The highest BCUT2D eigenvalue weighted by Gasteiger charge is 2.18. The molecule has 3 rings (SSSR count). The second-order valence-electron chi connectivity index (χ2n) is 4.76. The van der Waals surface area contributed by atoms with Crippen molar-refractivity contribution in [2.75, 3.05) is 6.79 Å².